The molecular weight excluding hydrogens is 296 g/mol. The van der Waals surface area contributed by atoms with E-state index in [2.05, 4.69) is 10.1 Å². The molecule has 1 N–H and O–H groups in total. The lowest BCUT2D eigenvalue weighted by Crippen LogP contribution is -2.08. The second-order valence-electron chi connectivity index (χ2n) is 4.75. The first-order valence-electron chi connectivity index (χ1n) is 6.54. The highest BCUT2D eigenvalue weighted by Gasteiger charge is 2.11. The van der Waals surface area contributed by atoms with Gasteiger partial charge in [0, 0.05) is 11.7 Å². The maximum Gasteiger partial charge on any atom is 0.387 e. The van der Waals surface area contributed by atoms with E-state index in [1.807, 2.05) is 38.1 Å². The number of anilines is 1. The number of alkyl halides is 2. The third-order valence-electron chi connectivity index (χ3n) is 3.19. The van der Waals surface area contributed by atoms with E-state index in [9.17, 15) is 8.78 Å². The molecule has 0 radical (unpaired) electrons. The molecule has 2 nitrogen and oxygen atoms in total. The summed E-state index contributed by atoms with van der Waals surface area (Å²) < 4.78 is 28.7. The molecule has 0 fully saturated rings. The van der Waals surface area contributed by atoms with Gasteiger partial charge in [0.25, 0.3) is 0 Å². The van der Waals surface area contributed by atoms with Crippen molar-refractivity contribution >= 4 is 17.3 Å². The van der Waals surface area contributed by atoms with E-state index < -0.39 is 6.61 Å². The van der Waals surface area contributed by atoms with Crippen molar-refractivity contribution in [3.63, 3.8) is 0 Å². The van der Waals surface area contributed by atoms with Gasteiger partial charge in [0.1, 0.15) is 5.75 Å². The number of nitrogens with one attached hydrogen (secondary N) is 1. The average molecular weight is 312 g/mol. The Kier molecular flexibility index (Phi) is 5.02. The van der Waals surface area contributed by atoms with Crippen molar-refractivity contribution in [1.82, 2.24) is 0 Å². The summed E-state index contributed by atoms with van der Waals surface area (Å²) in [5.41, 5.74) is 3.10. The minimum Gasteiger partial charge on any atom is -0.433 e. The Bertz CT molecular complexity index is 619. The van der Waals surface area contributed by atoms with E-state index in [0.717, 1.165) is 5.69 Å². The van der Waals surface area contributed by atoms with Crippen molar-refractivity contribution < 1.29 is 13.5 Å². The molecular formula is C16H16ClF2NO. The van der Waals surface area contributed by atoms with Crippen LogP contribution in [0.15, 0.2) is 42.5 Å². The molecule has 2 aromatic rings. The van der Waals surface area contributed by atoms with Crippen molar-refractivity contribution in [3.8, 4) is 5.75 Å². The number of hydrogen-bond acceptors (Lipinski definition) is 2. The molecule has 2 rings (SSSR count). The Balaban J connectivity index is 2.13. The van der Waals surface area contributed by atoms with Crippen LogP contribution in [0.3, 0.4) is 0 Å². The van der Waals surface area contributed by atoms with Gasteiger partial charge in [0.05, 0.1) is 5.02 Å². The van der Waals surface area contributed by atoms with Crippen LogP contribution < -0.4 is 10.1 Å². The molecule has 2 aromatic carbocycles. The zero-order chi connectivity index (χ0) is 15.4. The van der Waals surface area contributed by atoms with Gasteiger partial charge < -0.3 is 10.1 Å². The van der Waals surface area contributed by atoms with Crippen LogP contribution in [-0.4, -0.2) is 6.61 Å². The smallest absolute Gasteiger partial charge is 0.387 e. The van der Waals surface area contributed by atoms with E-state index >= 15 is 0 Å². The van der Waals surface area contributed by atoms with E-state index in [1.165, 1.54) is 17.2 Å². The Labute approximate surface area is 127 Å². The van der Waals surface area contributed by atoms with Gasteiger partial charge in [-0.05, 0) is 43.2 Å². The van der Waals surface area contributed by atoms with E-state index in [1.54, 1.807) is 12.1 Å². The minimum atomic E-state index is -2.88. The average Bonchev–Trinajstić information content (AvgIpc) is 2.42. The van der Waals surface area contributed by atoms with Gasteiger partial charge in [0.15, 0.2) is 0 Å². The third-order valence-corrected chi connectivity index (χ3v) is 3.48. The summed E-state index contributed by atoms with van der Waals surface area (Å²) in [6.45, 7) is 1.19. The molecule has 0 aliphatic heterocycles. The van der Waals surface area contributed by atoms with Crippen molar-refractivity contribution in [1.29, 1.82) is 0 Å². The first-order valence-corrected chi connectivity index (χ1v) is 6.91. The van der Waals surface area contributed by atoms with Crippen molar-refractivity contribution in [2.75, 3.05) is 5.32 Å². The number of halogens is 3. The van der Waals surface area contributed by atoms with Crippen LogP contribution in [0.1, 0.15) is 24.1 Å². The van der Waals surface area contributed by atoms with E-state index in [4.69, 9.17) is 11.6 Å². The zero-order valence-electron chi connectivity index (χ0n) is 11.7. The van der Waals surface area contributed by atoms with Gasteiger partial charge in [0.2, 0.25) is 0 Å². The fraction of sp³-hybridized carbons (Fsp3) is 0.250. The van der Waals surface area contributed by atoms with Crippen LogP contribution in [0.5, 0.6) is 5.75 Å². The number of rotatable bonds is 5. The van der Waals surface area contributed by atoms with Gasteiger partial charge in [-0.2, -0.15) is 8.78 Å². The second kappa shape index (κ2) is 6.76. The summed E-state index contributed by atoms with van der Waals surface area (Å²) in [6.07, 6.45) is 0. The molecule has 0 heterocycles. The lowest BCUT2D eigenvalue weighted by molar-refractivity contribution is -0.0497. The molecule has 0 saturated heterocycles. The second-order valence-corrected chi connectivity index (χ2v) is 5.15. The van der Waals surface area contributed by atoms with Crippen LogP contribution >= 0.6 is 11.6 Å². The maximum atomic E-state index is 12.2. The molecule has 1 unspecified atom stereocenters. The molecule has 0 spiro atoms. The summed E-state index contributed by atoms with van der Waals surface area (Å²) in [4.78, 5) is 0. The van der Waals surface area contributed by atoms with Gasteiger partial charge in [-0.25, -0.2) is 0 Å². The molecule has 21 heavy (non-hydrogen) atoms. The van der Waals surface area contributed by atoms with Gasteiger partial charge in [-0.3, -0.25) is 0 Å². The molecule has 0 amide bonds. The Morgan fingerprint density at radius 3 is 2.48 bits per heavy atom. The van der Waals surface area contributed by atoms with Crippen molar-refractivity contribution in [2.45, 2.75) is 26.5 Å². The maximum absolute atomic E-state index is 12.2. The minimum absolute atomic E-state index is 0.0271. The summed E-state index contributed by atoms with van der Waals surface area (Å²) in [5.74, 6) is -0.0271. The molecule has 112 valence electrons. The standard InChI is InChI=1S/C16H16ClF2NO/c1-10-5-3-4-6-13(10)11(2)20-12-7-8-15(14(17)9-12)21-16(18)19/h3-9,11,16,20H,1-2H3. The number of aryl methyl sites for hydroxylation is 1. The molecule has 0 aromatic heterocycles. The zero-order valence-corrected chi connectivity index (χ0v) is 12.5. The van der Waals surface area contributed by atoms with E-state index in [-0.39, 0.29) is 16.8 Å². The lowest BCUT2D eigenvalue weighted by Gasteiger charge is -2.18. The summed E-state index contributed by atoms with van der Waals surface area (Å²) in [5, 5.41) is 3.44. The quantitative estimate of drug-likeness (QED) is 0.795. The highest BCUT2D eigenvalue weighted by Crippen LogP contribution is 2.30. The lowest BCUT2D eigenvalue weighted by atomic mass is 10.0. The first kappa shape index (κ1) is 15.6. The highest BCUT2D eigenvalue weighted by atomic mass is 35.5. The summed E-state index contributed by atoms with van der Waals surface area (Å²) in [6, 6.07) is 12.8. The number of ether oxygens (including phenoxy) is 1. The van der Waals surface area contributed by atoms with Crippen LogP contribution in [0.4, 0.5) is 14.5 Å². The number of hydrogen-bond donors (Lipinski definition) is 1. The molecule has 1 atom stereocenters. The fourth-order valence-corrected chi connectivity index (χ4v) is 2.41. The Morgan fingerprint density at radius 1 is 1.14 bits per heavy atom. The molecule has 0 saturated carbocycles. The van der Waals surface area contributed by atoms with Gasteiger partial charge >= 0.3 is 6.61 Å². The molecule has 0 bridgehead atoms. The molecule has 5 heteroatoms. The normalized spacial score (nSPS) is 12.3. The predicted octanol–water partition coefficient (Wildman–Crippen LogP) is 5.42. The van der Waals surface area contributed by atoms with Crippen LogP contribution in [0, 0.1) is 6.92 Å². The SMILES string of the molecule is Cc1ccccc1C(C)Nc1ccc(OC(F)F)c(Cl)c1. The van der Waals surface area contributed by atoms with Crippen LogP contribution in [-0.2, 0) is 0 Å². The number of benzene rings is 2. The van der Waals surface area contributed by atoms with Crippen LogP contribution in [0.2, 0.25) is 5.02 Å². The Morgan fingerprint density at radius 2 is 1.86 bits per heavy atom. The van der Waals surface area contributed by atoms with E-state index in [0.29, 0.717) is 0 Å². The largest absolute Gasteiger partial charge is 0.433 e. The van der Waals surface area contributed by atoms with Crippen molar-refractivity contribution in [3.05, 3.63) is 58.6 Å². The van der Waals surface area contributed by atoms with Gasteiger partial charge in [-0.1, -0.05) is 35.9 Å². The predicted molar refractivity (Wildman–Crippen MR) is 81.3 cm³/mol. The molecule has 0 aliphatic rings. The topological polar surface area (TPSA) is 21.3 Å². The molecule has 0 aliphatic carbocycles. The third kappa shape index (κ3) is 4.08. The monoisotopic (exact) mass is 311 g/mol. The van der Waals surface area contributed by atoms with Crippen molar-refractivity contribution in [2.24, 2.45) is 0 Å². The fourth-order valence-electron chi connectivity index (χ4n) is 2.18. The summed E-state index contributed by atoms with van der Waals surface area (Å²) >= 11 is 5.94. The van der Waals surface area contributed by atoms with Crippen LogP contribution in [0.25, 0.3) is 0 Å². The van der Waals surface area contributed by atoms with Gasteiger partial charge in [-0.15, -0.1) is 0 Å². The highest BCUT2D eigenvalue weighted by molar-refractivity contribution is 6.32. The Hall–Kier alpha value is -1.81. The first-order chi connectivity index (χ1) is 9.97. The summed E-state index contributed by atoms with van der Waals surface area (Å²) in [7, 11) is 0.